The zero-order chi connectivity index (χ0) is 16.4. The second-order valence-electron chi connectivity index (χ2n) is 5.29. The van der Waals surface area contributed by atoms with Gasteiger partial charge in [-0.1, -0.05) is 0 Å². The van der Waals surface area contributed by atoms with Crippen molar-refractivity contribution in [2.75, 3.05) is 0 Å². The monoisotopic (exact) mass is 388 g/mol. The first-order chi connectivity index (χ1) is 10.3. The zero-order valence-electron chi connectivity index (χ0n) is 12.2. The summed E-state index contributed by atoms with van der Waals surface area (Å²) in [4.78, 5) is 37.6. The third-order valence-electron chi connectivity index (χ3n) is 3.48. The minimum Gasteiger partial charge on any atom is -0.480 e. The van der Waals surface area contributed by atoms with Gasteiger partial charge < -0.3 is 15.3 Å². The molecule has 1 aliphatic carbocycles. The van der Waals surface area contributed by atoms with Gasteiger partial charge in [-0.15, -0.1) is 11.3 Å². The van der Waals surface area contributed by atoms with E-state index in [4.69, 9.17) is 5.11 Å². The Labute approximate surface area is 140 Å². The van der Waals surface area contributed by atoms with Crippen molar-refractivity contribution in [3.63, 3.8) is 0 Å². The van der Waals surface area contributed by atoms with Crippen molar-refractivity contribution in [2.45, 2.75) is 44.8 Å². The molecule has 1 saturated carbocycles. The molecule has 0 spiro atoms. The number of aliphatic carboxylic acids is 1. The van der Waals surface area contributed by atoms with Gasteiger partial charge in [0.2, 0.25) is 5.91 Å². The molecule has 0 bridgehead atoms. The molecule has 2 atom stereocenters. The highest BCUT2D eigenvalue weighted by Crippen LogP contribution is 2.29. The number of halogens is 1. The number of carbonyl (C=O) groups excluding carboxylic acids is 2. The van der Waals surface area contributed by atoms with Crippen molar-refractivity contribution in [1.82, 2.24) is 10.2 Å². The number of hydrogen-bond donors (Lipinski definition) is 2. The van der Waals surface area contributed by atoms with Gasteiger partial charge in [-0.3, -0.25) is 9.59 Å². The smallest absolute Gasteiger partial charge is 0.326 e. The summed E-state index contributed by atoms with van der Waals surface area (Å²) < 4.78 is 0.829. The van der Waals surface area contributed by atoms with E-state index in [-0.39, 0.29) is 17.9 Å². The molecule has 1 fully saturated rings. The maximum Gasteiger partial charge on any atom is 0.326 e. The lowest BCUT2D eigenvalue weighted by atomic mass is 10.2. The Morgan fingerprint density at radius 2 is 2.00 bits per heavy atom. The first kappa shape index (κ1) is 17.0. The Balaban J connectivity index is 2.03. The van der Waals surface area contributed by atoms with E-state index in [1.54, 1.807) is 19.1 Å². The SMILES string of the molecule is CC(NC(=O)c1ccc(Br)s1)C(=O)N(C1CC1)C(C)C(=O)O. The van der Waals surface area contributed by atoms with Crippen LogP contribution in [0.1, 0.15) is 36.4 Å². The topological polar surface area (TPSA) is 86.7 Å². The summed E-state index contributed by atoms with van der Waals surface area (Å²) in [6.45, 7) is 3.07. The Kier molecular flexibility index (Phi) is 5.23. The number of nitrogens with zero attached hydrogens (tertiary/aromatic N) is 1. The molecule has 8 heteroatoms. The van der Waals surface area contributed by atoms with E-state index in [9.17, 15) is 14.4 Å². The summed E-state index contributed by atoms with van der Waals surface area (Å²) >= 11 is 4.55. The molecule has 0 radical (unpaired) electrons. The van der Waals surface area contributed by atoms with Crippen molar-refractivity contribution in [2.24, 2.45) is 0 Å². The van der Waals surface area contributed by atoms with Crippen molar-refractivity contribution < 1.29 is 19.5 Å². The fourth-order valence-corrected chi connectivity index (χ4v) is 3.44. The van der Waals surface area contributed by atoms with Crippen LogP contribution in [0.4, 0.5) is 0 Å². The molecular weight excluding hydrogens is 372 g/mol. The van der Waals surface area contributed by atoms with Gasteiger partial charge in [0, 0.05) is 6.04 Å². The van der Waals surface area contributed by atoms with E-state index in [1.807, 2.05) is 0 Å². The minimum absolute atomic E-state index is 0.0335. The number of carbonyl (C=O) groups is 3. The van der Waals surface area contributed by atoms with E-state index in [1.165, 1.54) is 23.2 Å². The Bertz CT molecular complexity index is 599. The normalized spacial score (nSPS) is 16.7. The molecule has 2 rings (SSSR count). The van der Waals surface area contributed by atoms with Crippen molar-refractivity contribution in [1.29, 1.82) is 0 Å². The lowest BCUT2D eigenvalue weighted by Crippen LogP contribution is -2.52. The number of nitrogens with one attached hydrogen (secondary N) is 1. The molecule has 1 aliphatic rings. The predicted molar refractivity (Wildman–Crippen MR) is 85.9 cm³/mol. The molecule has 0 aromatic carbocycles. The van der Waals surface area contributed by atoms with Crippen LogP contribution in [0, 0.1) is 0 Å². The molecule has 2 unspecified atom stereocenters. The maximum absolute atomic E-state index is 12.5. The van der Waals surface area contributed by atoms with E-state index in [0.29, 0.717) is 4.88 Å². The highest BCUT2D eigenvalue weighted by molar-refractivity contribution is 9.11. The van der Waals surface area contributed by atoms with Crippen molar-refractivity contribution in [3.05, 3.63) is 20.8 Å². The number of carboxylic acids is 1. The largest absolute Gasteiger partial charge is 0.480 e. The summed E-state index contributed by atoms with van der Waals surface area (Å²) in [7, 11) is 0. The van der Waals surface area contributed by atoms with Gasteiger partial charge >= 0.3 is 5.97 Å². The molecule has 1 aromatic heterocycles. The molecule has 2 amide bonds. The summed E-state index contributed by atoms with van der Waals surface area (Å²) in [6.07, 6.45) is 1.61. The van der Waals surface area contributed by atoms with Gasteiger partial charge in [-0.25, -0.2) is 4.79 Å². The molecule has 6 nitrogen and oxygen atoms in total. The second-order valence-corrected chi connectivity index (χ2v) is 7.75. The van der Waals surface area contributed by atoms with Crippen LogP contribution < -0.4 is 5.32 Å². The molecule has 1 heterocycles. The molecule has 0 aliphatic heterocycles. The third-order valence-corrected chi connectivity index (χ3v) is 5.11. The summed E-state index contributed by atoms with van der Waals surface area (Å²) in [5, 5.41) is 11.8. The van der Waals surface area contributed by atoms with Crippen LogP contribution in [-0.2, 0) is 9.59 Å². The molecular formula is C14H17BrN2O4S. The summed E-state index contributed by atoms with van der Waals surface area (Å²) in [6, 6.07) is 1.73. The first-order valence-electron chi connectivity index (χ1n) is 6.92. The number of thiophene rings is 1. The second kappa shape index (κ2) is 6.78. The van der Waals surface area contributed by atoms with Gasteiger partial charge in [0.25, 0.3) is 5.91 Å². The lowest BCUT2D eigenvalue weighted by molar-refractivity contribution is -0.150. The van der Waals surface area contributed by atoms with Crippen LogP contribution in [0.2, 0.25) is 0 Å². The van der Waals surface area contributed by atoms with Gasteiger partial charge in [-0.2, -0.15) is 0 Å². The van der Waals surface area contributed by atoms with E-state index in [0.717, 1.165) is 16.6 Å². The highest BCUT2D eigenvalue weighted by atomic mass is 79.9. The zero-order valence-corrected chi connectivity index (χ0v) is 14.6. The molecule has 1 aromatic rings. The van der Waals surface area contributed by atoms with Gasteiger partial charge in [0.15, 0.2) is 0 Å². The summed E-state index contributed by atoms with van der Waals surface area (Å²) in [5.41, 5.74) is 0. The molecule has 120 valence electrons. The summed E-state index contributed by atoms with van der Waals surface area (Å²) in [5.74, 6) is -1.74. The number of rotatable bonds is 6. The quantitative estimate of drug-likeness (QED) is 0.780. The van der Waals surface area contributed by atoms with Crippen molar-refractivity contribution in [3.8, 4) is 0 Å². The Hall–Kier alpha value is -1.41. The van der Waals surface area contributed by atoms with E-state index >= 15 is 0 Å². The minimum atomic E-state index is -1.04. The van der Waals surface area contributed by atoms with Crippen LogP contribution in [0.3, 0.4) is 0 Å². The predicted octanol–water partition coefficient (Wildman–Crippen LogP) is 2.09. The Morgan fingerprint density at radius 1 is 1.36 bits per heavy atom. The van der Waals surface area contributed by atoms with Crippen LogP contribution in [-0.4, -0.2) is 45.9 Å². The van der Waals surface area contributed by atoms with Gasteiger partial charge in [-0.05, 0) is 54.8 Å². The van der Waals surface area contributed by atoms with Gasteiger partial charge in [0.05, 0.1) is 8.66 Å². The molecule has 2 N–H and O–H groups in total. The van der Waals surface area contributed by atoms with Gasteiger partial charge in [0.1, 0.15) is 12.1 Å². The fourth-order valence-electron chi connectivity index (χ4n) is 2.15. The van der Waals surface area contributed by atoms with Crippen LogP contribution in [0.5, 0.6) is 0 Å². The molecule has 22 heavy (non-hydrogen) atoms. The lowest BCUT2D eigenvalue weighted by Gasteiger charge is -2.29. The average molecular weight is 389 g/mol. The fraction of sp³-hybridized carbons (Fsp3) is 0.500. The first-order valence-corrected chi connectivity index (χ1v) is 8.53. The number of carboxylic acid groups (broad SMARTS) is 1. The average Bonchev–Trinajstić information content (AvgIpc) is 3.18. The maximum atomic E-state index is 12.5. The van der Waals surface area contributed by atoms with E-state index in [2.05, 4.69) is 21.2 Å². The third kappa shape index (κ3) is 3.86. The standard InChI is InChI=1S/C14H17BrN2O4S/c1-7(16-12(18)10-5-6-11(15)22-10)13(19)17(9-3-4-9)8(2)14(20)21/h5-9H,3-4H2,1-2H3,(H,16,18)(H,20,21). The number of amides is 2. The van der Waals surface area contributed by atoms with Crippen LogP contribution >= 0.6 is 27.3 Å². The van der Waals surface area contributed by atoms with Crippen LogP contribution in [0.25, 0.3) is 0 Å². The number of hydrogen-bond acceptors (Lipinski definition) is 4. The van der Waals surface area contributed by atoms with Crippen molar-refractivity contribution >= 4 is 45.1 Å². The Morgan fingerprint density at radius 3 is 2.45 bits per heavy atom. The highest BCUT2D eigenvalue weighted by Gasteiger charge is 2.40. The van der Waals surface area contributed by atoms with E-state index < -0.39 is 18.1 Å². The van der Waals surface area contributed by atoms with Crippen LogP contribution in [0.15, 0.2) is 15.9 Å². The molecule has 0 saturated heterocycles.